The number of carbonyl (C=O) groups is 2. The Kier molecular flexibility index (Phi) is 10.8. The summed E-state index contributed by atoms with van der Waals surface area (Å²) in [5.74, 6) is -0.314. The Bertz CT molecular complexity index is 627. The molecule has 6 nitrogen and oxygen atoms in total. The van der Waals surface area contributed by atoms with E-state index in [0.29, 0.717) is 50.0 Å². The van der Waals surface area contributed by atoms with Gasteiger partial charge in [0.2, 0.25) is 0 Å². The first-order chi connectivity index (χ1) is 13.4. The van der Waals surface area contributed by atoms with E-state index in [9.17, 15) is 14.7 Å². The maximum absolute atomic E-state index is 12.9. The van der Waals surface area contributed by atoms with Crippen molar-refractivity contribution in [3.8, 4) is 0 Å². The molecule has 0 fully saturated rings. The fraction of sp³-hybridized carbons (Fsp3) is 0.636. The summed E-state index contributed by atoms with van der Waals surface area (Å²) in [5, 5.41) is 13.2. The maximum atomic E-state index is 12.9. The van der Waals surface area contributed by atoms with Crippen molar-refractivity contribution in [2.24, 2.45) is 5.73 Å². The summed E-state index contributed by atoms with van der Waals surface area (Å²) in [6.07, 6.45) is 3.04. The fourth-order valence-electron chi connectivity index (χ4n) is 3.33. The molecule has 0 heterocycles. The molecule has 1 aromatic carbocycles. The van der Waals surface area contributed by atoms with Gasteiger partial charge in [-0.25, -0.2) is 0 Å². The molecule has 0 aliphatic carbocycles. The lowest BCUT2D eigenvalue weighted by Gasteiger charge is -2.24. The van der Waals surface area contributed by atoms with Crippen LogP contribution in [-0.2, 0) is 0 Å². The van der Waals surface area contributed by atoms with Crippen molar-refractivity contribution >= 4 is 11.8 Å². The maximum Gasteiger partial charge on any atom is 0.253 e. The largest absolute Gasteiger partial charge is 0.391 e. The summed E-state index contributed by atoms with van der Waals surface area (Å²) in [7, 11) is 0. The van der Waals surface area contributed by atoms with Gasteiger partial charge in [0.15, 0.2) is 0 Å². The lowest BCUT2D eigenvalue weighted by atomic mass is 10.0. The number of amides is 2. The monoisotopic (exact) mass is 391 g/mol. The number of nitrogens with two attached hydrogens (primary N) is 1. The molecule has 0 unspecified atom stereocenters. The number of aliphatic hydroxyl groups is 1. The molecule has 1 aromatic rings. The molecule has 0 saturated heterocycles. The van der Waals surface area contributed by atoms with Gasteiger partial charge in [0.25, 0.3) is 11.8 Å². The Morgan fingerprint density at radius 2 is 1.71 bits per heavy atom. The lowest BCUT2D eigenvalue weighted by Crippen LogP contribution is -2.43. The summed E-state index contributed by atoms with van der Waals surface area (Å²) >= 11 is 0. The highest BCUT2D eigenvalue weighted by Gasteiger charge is 2.21. The third kappa shape index (κ3) is 7.24. The first kappa shape index (κ1) is 24.1. The van der Waals surface area contributed by atoms with Crippen LogP contribution in [0.25, 0.3) is 0 Å². The summed E-state index contributed by atoms with van der Waals surface area (Å²) < 4.78 is 0. The zero-order valence-electron chi connectivity index (χ0n) is 17.8. The number of benzene rings is 1. The first-order valence-corrected chi connectivity index (χ1v) is 10.5. The van der Waals surface area contributed by atoms with Crippen LogP contribution < -0.4 is 11.1 Å². The molecule has 0 saturated carbocycles. The summed E-state index contributed by atoms with van der Waals surface area (Å²) in [4.78, 5) is 27.5. The van der Waals surface area contributed by atoms with E-state index in [1.807, 2.05) is 38.7 Å². The van der Waals surface area contributed by atoms with Crippen LogP contribution in [0.3, 0.4) is 0 Å². The molecule has 1 rings (SSSR count). The second-order valence-corrected chi connectivity index (χ2v) is 7.37. The molecule has 0 radical (unpaired) electrons. The van der Waals surface area contributed by atoms with E-state index in [0.717, 1.165) is 18.4 Å². The molecule has 0 bridgehead atoms. The van der Waals surface area contributed by atoms with Crippen LogP contribution in [0.1, 0.15) is 79.2 Å². The van der Waals surface area contributed by atoms with Gasteiger partial charge in [0.05, 0.1) is 12.1 Å². The van der Waals surface area contributed by atoms with Crippen LogP contribution in [0.4, 0.5) is 0 Å². The van der Waals surface area contributed by atoms with Gasteiger partial charge in [-0.15, -0.1) is 0 Å². The molecule has 0 spiro atoms. The molecule has 2 atom stereocenters. The quantitative estimate of drug-likeness (QED) is 0.510. The Morgan fingerprint density at radius 3 is 2.25 bits per heavy atom. The predicted molar refractivity (Wildman–Crippen MR) is 114 cm³/mol. The predicted octanol–water partition coefficient (Wildman–Crippen LogP) is 2.87. The van der Waals surface area contributed by atoms with Crippen molar-refractivity contribution in [3.63, 3.8) is 0 Å². The molecule has 0 aromatic heterocycles. The summed E-state index contributed by atoms with van der Waals surface area (Å²) in [5.41, 5.74) is 7.34. The Balaban J connectivity index is 2.99. The van der Waals surface area contributed by atoms with Crippen molar-refractivity contribution in [3.05, 3.63) is 34.9 Å². The standard InChI is InChI=1S/C22H37N3O3/c1-5-11-25(12-6-2)22(28)18-14-16(4)13-17(15-18)21(27)24-19(7-3)20(26)9-8-10-23/h13-15,19-20,26H,5-12,23H2,1-4H3,(H,24,27)/t19-,20-/m0/s1. The molecule has 0 aliphatic rings. The molecule has 4 N–H and O–H groups in total. The Morgan fingerprint density at radius 1 is 1.11 bits per heavy atom. The van der Waals surface area contributed by atoms with Gasteiger partial charge < -0.3 is 21.1 Å². The molecular formula is C22H37N3O3. The topological polar surface area (TPSA) is 95.7 Å². The smallest absolute Gasteiger partial charge is 0.253 e. The van der Waals surface area contributed by atoms with E-state index >= 15 is 0 Å². The van der Waals surface area contributed by atoms with Crippen LogP contribution in [0, 0.1) is 6.92 Å². The van der Waals surface area contributed by atoms with E-state index in [4.69, 9.17) is 5.73 Å². The number of aliphatic hydroxyl groups excluding tert-OH is 1. The number of rotatable bonds is 12. The minimum absolute atomic E-state index is 0.0449. The van der Waals surface area contributed by atoms with Crippen LogP contribution in [-0.4, -0.2) is 53.6 Å². The average molecular weight is 392 g/mol. The van der Waals surface area contributed by atoms with Crippen LogP contribution in [0.2, 0.25) is 0 Å². The average Bonchev–Trinajstić information content (AvgIpc) is 2.68. The Hall–Kier alpha value is -1.92. The number of aryl methyl sites for hydroxylation is 1. The zero-order valence-corrected chi connectivity index (χ0v) is 17.8. The van der Waals surface area contributed by atoms with Crippen molar-refractivity contribution in [2.45, 2.75) is 71.9 Å². The molecular weight excluding hydrogens is 354 g/mol. The van der Waals surface area contributed by atoms with E-state index < -0.39 is 6.10 Å². The van der Waals surface area contributed by atoms with E-state index in [1.165, 1.54) is 0 Å². The van der Waals surface area contributed by atoms with Crippen molar-refractivity contribution in [2.75, 3.05) is 19.6 Å². The van der Waals surface area contributed by atoms with Crippen molar-refractivity contribution in [1.29, 1.82) is 0 Å². The number of hydrogen-bond donors (Lipinski definition) is 3. The number of nitrogens with zero attached hydrogens (tertiary/aromatic N) is 1. The molecule has 2 amide bonds. The number of carbonyl (C=O) groups excluding carboxylic acids is 2. The first-order valence-electron chi connectivity index (χ1n) is 10.5. The Labute approximate surface area is 169 Å². The summed E-state index contributed by atoms with van der Waals surface area (Å²) in [6, 6.07) is 4.91. The van der Waals surface area contributed by atoms with Gasteiger partial charge in [-0.05, 0) is 69.3 Å². The van der Waals surface area contributed by atoms with Crippen molar-refractivity contribution in [1.82, 2.24) is 10.2 Å². The lowest BCUT2D eigenvalue weighted by molar-refractivity contribution is 0.0755. The van der Waals surface area contributed by atoms with E-state index in [1.54, 1.807) is 12.1 Å². The fourth-order valence-corrected chi connectivity index (χ4v) is 3.33. The molecule has 28 heavy (non-hydrogen) atoms. The minimum Gasteiger partial charge on any atom is -0.391 e. The van der Waals surface area contributed by atoms with Crippen LogP contribution in [0.15, 0.2) is 18.2 Å². The van der Waals surface area contributed by atoms with Crippen molar-refractivity contribution < 1.29 is 14.7 Å². The molecule has 158 valence electrons. The highest BCUT2D eigenvalue weighted by atomic mass is 16.3. The molecule has 6 heteroatoms. The van der Waals surface area contributed by atoms with Crippen LogP contribution in [0.5, 0.6) is 0 Å². The summed E-state index contributed by atoms with van der Waals surface area (Å²) in [6.45, 7) is 9.82. The normalized spacial score (nSPS) is 13.1. The molecule has 0 aliphatic heterocycles. The second-order valence-electron chi connectivity index (χ2n) is 7.37. The van der Waals surface area contributed by atoms with Gasteiger partial charge in [-0.3, -0.25) is 9.59 Å². The zero-order chi connectivity index (χ0) is 21.1. The van der Waals surface area contributed by atoms with Crippen LogP contribution >= 0.6 is 0 Å². The second kappa shape index (κ2) is 12.5. The van der Waals surface area contributed by atoms with Gasteiger partial charge in [-0.1, -0.05) is 20.8 Å². The highest BCUT2D eigenvalue weighted by molar-refractivity contribution is 6.00. The highest BCUT2D eigenvalue weighted by Crippen LogP contribution is 2.15. The number of nitrogens with one attached hydrogen (secondary N) is 1. The van der Waals surface area contributed by atoms with E-state index in [-0.39, 0.29) is 17.9 Å². The minimum atomic E-state index is -0.631. The third-order valence-electron chi connectivity index (χ3n) is 4.79. The SMILES string of the molecule is CCCN(CCC)C(=O)c1cc(C)cc(C(=O)N[C@@H](CC)[C@@H](O)CCCN)c1. The van der Waals surface area contributed by atoms with Gasteiger partial charge in [0, 0.05) is 24.2 Å². The van der Waals surface area contributed by atoms with Gasteiger partial charge >= 0.3 is 0 Å². The number of hydrogen-bond acceptors (Lipinski definition) is 4. The van der Waals surface area contributed by atoms with Gasteiger partial charge in [-0.2, -0.15) is 0 Å². The third-order valence-corrected chi connectivity index (χ3v) is 4.79. The van der Waals surface area contributed by atoms with Gasteiger partial charge in [0.1, 0.15) is 0 Å². The van der Waals surface area contributed by atoms with E-state index in [2.05, 4.69) is 5.32 Å².